The highest BCUT2D eigenvalue weighted by Gasteiger charge is 2.42. The van der Waals surface area contributed by atoms with E-state index in [1.807, 2.05) is 20.2 Å². The highest BCUT2D eigenvalue weighted by molar-refractivity contribution is 7.89. The number of rotatable bonds is 10. The number of aliphatic carboxylic acids is 1. The highest BCUT2D eigenvalue weighted by atomic mass is 32.2. The molecule has 0 bridgehead atoms. The molecule has 35 heavy (non-hydrogen) atoms. The molecule has 1 amide bonds. The summed E-state index contributed by atoms with van der Waals surface area (Å²) in [4.78, 5) is 28.5. The van der Waals surface area contributed by atoms with Gasteiger partial charge in [-0.05, 0) is 62.7 Å². The number of likely N-dealkylation sites (tertiary alicyclic amines) is 1. The number of ether oxygens (including phenoxy) is 1. The zero-order valence-electron chi connectivity index (χ0n) is 20.3. The van der Waals surface area contributed by atoms with Gasteiger partial charge in [0.2, 0.25) is 15.9 Å². The summed E-state index contributed by atoms with van der Waals surface area (Å²) in [5.41, 5.74) is 0.689. The smallest absolute Gasteiger partial charge is 0.322 e. The van der Waals surface area contributed by atoms with E-state index in [0.717, 1.165) is 4.31 Å². The molecule has 3 rings (SSSR count). The van der Waals surface area contributed by atoms with E-state index < -0.39 is 28.0 Å². The Hall–Kier alpha value is -2.95. The van der Waals surface area contributed by atoms with E-state index in [0.29, 0.717) is 37.2 Å². The first kappa shape index (κ1) is 26.7. The summed E-state index contributed by atoms with van der Waals surface area (Å²) >= 11 is 0. The van der Waals surface area contributed by atoms with Crippen molar-refractivity contribution in [3.8, 4) is 5.75 Å². The molecule has 1 saturated heterocycles. The van der Waals surface area contributed by atoms with Crippen molar-refractivity contribution in [2.24, 2.45) is 5.92 Å². The third kappa shape index (κ3) is 6.59. The number of carboxylic acids is 1. The fourth-order valence-electron chi connectivity index (χ4n) is 4.37. The van der Waals surface area contributed by atoms with Gasteiger partial charge in [-0.3, -0.25) is 9.59 Å². The fraction of sp³-hybridized carbons (Fsp3) is 0.440. The quantitative estimate of drug-likeness (QED) is 0.529. The number of likely N-dealkylation sites (N-methyl/N-ethyl adjacent to an activating group) is 1. The number of carbonyl (C=O) groups excluding carboxylic acids is 1. The second-order valence-electron chi connectivity index (χ2n) is 8.95. The number of nitrogens with zero attached hydrogens (tertiary/aromatic N) is 3. The van der Waals surface area contributed by atoms with Crippen LogP contribution < -0.4 is 4.74 Å². The van der Waals surface area contributed by atoms with Crippen LogP contribution in [0.25, 0.3) is 0 Å². The van der Waals surface area contributed by atoms with Gasteiger partial charge < -0.3 is 19.6 Å². The maximum absolute atomic E-state index is 13.8. The predicted molar refractivity (Wildman–Crippen MR) is 131 cm³/mol. The first-order valence-electron chi connectivity index (χ1n) is 11.5. The molecule has 2 aromatic carbocycles. The summed E-state index contributed by atoms with van der Waals surface area (Å²) in [5, 5.41) is 10.2. The third-order valence-corrected chi connectivity index (χ3v) is 8.04. The Morgan fingerprint density at radius 1 is 1.06 bits per heavy atom. The molecule has 0 saturated carbocycles. The van der Waals surface area contributed by atoms with E-state index in [1.54, 1.807) is 34.1 Å². The fourth-order valence-corrected chi connectivity index (χ4v) is 6.01. The Morgan fingerprint density at radius 3 is 2.17 bits per heavy atom. The first-order chi connectivity index (χ1) is 16.6. The van der Waals surface area contributed by atoms with Crippen LogP contribution in [0.4, 0.5) is 0 Å². The van der Waals surface area contributed by atoms with Gasteiger partial charge in [-0.15, -0.1) is 0 Å². The number of benzene rings is 2. The zero-order valence-corrected chi connectivity index (χ0v) is 21.1. The van der Waals surface area contributed by atoms with Crippen molar-refractivity contribution in [1.29, 1.82) is 0 Å². The minimum absolute atomic E-state index is 0.000854. The van der Waals surface area contributed by atoms with Gasteiger partial charge in [-0.25, -0.2) is 8.42 Å². The lowest BCUT2D eigenvalue weighted by atomic mass is 9.89. The van der Waals surface area contributed by atoms with E-state index in [9.17, 15) is 23.1 Å². The van der Waals surface area contributed by atoms with Crippen molar-refractivity contribution in [1.82, 2.24) is 14.1 Å². The summed E-state index contributed by atoms with van der Waals surface area (Å²) in [6.45, 7) is 0.983. The van der Waals surface area contributed by atoms with Crippen molar-refractivity contribution in [2.45, 2.75) is 30.3 Å². The van der Waals surface area contributed by atoms with Gasteiger partial charge in [0.1, 0.15) is 11.8 Å². The largest absolute Gasteiger partial charge is 0.497 e. The Balaban J connectivity index is 1.92. The van der Waals surface area contributed by atoms with Crippen LogP contribution in [0.15, 0.2) is 59.5 Å². The number of hydrogen-bond acceptors (Lipinski definition) is 6. The average molecular weight is 504 g/mol. The molecule has 1 unspecified atom stereocenters. The summed E-state index contributed by atoms with van der Waals surface area (Å²) in [6.07, 6.45) is 0.805. The van der Waals surface area contributed by atoms with Crippen LogP contribution >= 0.6 is 0 Å². The first-order valence-corrected chi connectivity index (χ1v) is 12.9. The van der Waals surface area contributed by atoms with Crippen molar-refractivity contribution in [3.05, 3.63) is 60.2 Å². The zero-order chi connectivity index (χ0) is 25.6. The van der Waals surface area contributed by atoms with Gasteiger partial charge in [-0.1, -0.05) is 30.3 Å². The molecule has 2 aromatic rings. The predicted octanol–water partition coefficient (Wildman–Crippen LogP) is 2.14. The number of hydrogen-bond donors (Lipinski definition) is 1. The van der Waals surface area contributed by atoms with Crippen LogP contribution in [0.1, 0.15) is 18.4 Å². The highest BCUT2D eigenvalue weighted by Crippen LogP contribution is 2.31. The second kappa shape index (κ2) is 11.7. The summed E-state index contributed by atoms with van der Waals surface area (Å²) in [5.74, 6) is -1.15. The summed E-state index contributed by atoms with van der Waals surface area (Å²) < 4.78 is 33.8. The number of amides is 1. The number of carbonyl (C=O) groups is 2. The van der Waals surface area contributed by atoms with Crippen LogP contribution in [0.2, 0.25) is 0 Å². The maximum Gasteiger partial charge on any atom is 0.322 e. The van der Waals surface area contributed by atoms with Gasteiger partial charge in [0.25, 0.3) is 0 Å². The molecule has 1 N–H and O–H groups in total. The monoisotopic (exact) mass is 503 g/mol. The molecular formula is C25H33N3O6S. The minimum Gasteiger partial charge on any atom is -0.497 e. The van der Waals surface area contributed by atoms with E-state index in [4.69, 9.17) is 4.74 Å². The van der Waals surface area contributed by atoms with Gasteiger partial charge in [0.15, 0.2) is 0 Å². The van der Waals surface area contributed by atoms with E-state index in [1.165, 1.54) is 31.4 Å². The maximum atomic E-state index is 13.8. The van der Waals surface area contributed by atoms with Crippen molar-refractivity contribution in [2.75, 3.05) is 40.8 Å². The Labute approximate surface area is 206 Å². The summed E-state index contributed by atoms with van der Waals surface area (Å²) in [6, 6.07) is 13.6. The van der Waals surface area contributed by atoms with Gasteiger partial charge >= 0.3 is 5.97 Å². The van der Waals surface area contributed by atoms with Crippen LogP contribution in [0.3, 0.4) is 0 Å². The SMILES string of the molecule is COc1ccc(S(=O)(=O)N(Cc2ccccc2)C(C(=O)O)C2CCN(C(=O)CN(C)C)CC2)cc1. The Kier molecular flexibility index (Phi) is 8.87. The van der Waals surface area contributed by atoms with Crippen molar-refractivity contribution < 1.29 is 27.9 Å². The van der Waals surface area contributed by atoms with E-state index in [2.05, 4.69) is 0 Å². The molecule has 1 heterocycles. The van der Waals surface area contributed by atoms with Gasteiger partial charge in [0.05, 0.1) is 18.6 Å². The number of carboxylic acid groups (broad SMARTS) is 1. The Bertz CT molecular complexity index is 1100. The van der Waals surface area contributed by atoms with Gasteiger partial charge in [-0.2, -0.15) is 4.31 Å². The third-order valence-electron chi connectivity index (χ3n) is 6.20. The standard InChI is InChI=1S/C25H33N3O6S/c1-26(2)18-23(29)27-15-13-20(14-16-27)24(25(30)31)28(17-19-7-5-4-6-8-19)35(32,33)22-11-9-21(34-3)10-12-22/h4-12,20,24H,13-18H2,1-3H3,(H,30,31). The summed E-state index contributed by atoms with van der Waals surface area (Å²) in [7, 11) is 0.966. The Morgan fingerprint density at radius 2 is 1.66 bits per heavy atom. The number of piperidine rings is 1. The average Bonchev–Trinajstić information content (AvgIpc) is 2.84. The molecule has 9 nitrogen and oxygen atoms in total. The van der Waals surface area contributed by atoms with Crippen LogP contribution in [0.5, 0.6) is 5.75 Å². The molecule has 1 atom stereocenters. The normalized spacial score (nSPS) is 15.9. The van der Waals surface area contributed by atoms with Crippen molar-refractivity contribution in [3.63, 3.8) is 0 Å². The molecule has 0 aliphatic carbocycles. The molecule has 0 aromatic heterocycles. The lowest BCUT2D eigenvalue weighted by Gasteiger charge is -2.39. The molecule has 1 fully saturated rings. The van der Waals surface area contributed by atoms with Crippen LogP contribution in [-0.4, -0.2) is 86.4 Å². The van der Waals surface area contributed by atoms with Gasteiger partial charge in [0, 0.05) is 19.6 Å². The van der Waals surface area contributed by atoms with Crippen molar-refractivity contribution >= 4 is 21.9 Å². The molecule has 1 aliphatic heterocycles. The molecule has 190 valence electrons. The lowest BCUT2D eigenvalue weighted by molar-refractivity contribution is -0.144. The second-order valence-corrected chi connectivity index (χ2v) is 10.8. The number of methoxy groups -OCH3 is 1. The lowest BCUT2D eigenvalue weighted by Crippen LogP contribution is -2.52. The van der Waals surface area contributed by atoms with E-state index in [-0.39, 0.29) is 23.9 Å². The van der Waals surface area contributed by atoms with E-state index >= 15 is 0 Å². The van der Waals surface area contributed by atoms with Crippen LogP contribution in [-0.2, 0) is 26.2 Å². The minimum atomic E-state index is -4.15. The van der Waals surface area contributed by atoms with Crippen LogP contribution in [0, 0.1) is 5.92 Å². The molecule has 0 radical (unpaired) electrons. The molecule has 10 heteroatoms. The molecule has 0 spiro atoms. The topological polar surface area (TPSA) is 107 Å². The number of sulfonamides is 1. The molecular weight excluding hydrogens is 470 g/mol. The molecule has 1 aliphatic rings.